The molecule has 0 radical (unpaired) electrons. The Morgan fingerprint density at radius 2 is 2.15 bits per heavy atom. The molecule has 0 saturated heterocycles. The normalized spacial score (nSPS) is 10.7. The summed E-state index contributed by atoms with van der Waals surface area (Å²) >= 11 is 1.09. The molecule has 26 heavy (non-hydrogen) atoms. The van der Waals surface area contributed by atoms with Gasteiger partial charge in [0.25, 0.3) is 5.56 Å². The maximum Gasteiger partial charge on any atom is 0.359 e. The zero-order valence-electron chi connectivity index (χ0n) is 13.9. The molecule has 0 spiro atoms. The Balaban J connectivity index is 2.34. The first-order valence-corrected chi connectivity index (χ1v) is 8.55. The highest BCUT2D eigenvalue weighted by molar-refractivity contribution is 7.16. The van der Waals surface area contributed by atoms with E-state index in [0.717, 1.165) is 22.1 Å². The standard InChI is InChI=1S/C17H14FN3O4S/c1-3-25-17(24)14-12-8-26-15(19-9(2)22)13(12)16(23)21(20-14)11-6-4-5-10(18)7-11/h4-8H,3H2,1-2H3,(H,19,22). The van der Waals surface area contributed by atoms with Crippen molar-refractivity contribution in [3.63, 3.8) is 0 Å². The Hall–Kier alpha value is -3.07. The molecule has 9 heteroatoms. The van der Waals surface area contributed by atoms with E-state index >= 15 is 0 Å². The molecule has 1 amide bonds. The number of amides is 1. The Labute approximate surface area is 151 Å². The predicted octanol–water partition coefficient (Wildman–Crippen LogP) is 2.72. The average molecular weight is 375 g/mol. The molecule has 0 fully saturated rings. The van der Waals surface area contributed by atoms with Crippen LogP contribution in [0.5, 0.6) is 0 Å². The number of ether oxygens (including phenoxy) is 1. The number of fused-ring (bicyclic) bond motifs is 1. The van der Waals surface area contributed by atoms with Crippen LogP contribution in [-0.2, 0) is 9.53 Å². The van der Waals surface area contributed by atoms with Gasteiger partial charge in [-0.05, 0) is 25.1 Å². The van der Waals surface area contributed by atoms with Crippen LogP contribution in [0, 0.1) is 5.82 Å². The van der Waals surface area contributed by atoms with E-state index in [0.29, 0.717) is 0 Å². The molecular weight excluding hydrogens is 361 g/mol. The third kappa shape index (κ3) is 3.21. The number of hydrogen-bond acceptors (Lipinski definition) is 6. The van der Waals surface area contributed by atoms with E-state index in [4.69, 9.17) is 4.74 Å². The Morgan fingerprint density at radius 1 is 1.38 bits per heavy atom. The second-order valence-electron chi connectivity index (χ2n) is 5.30. The fourth-order valence-electron chi connectivity index (χ4n) is 2.43. The molecule has 1 N–H and O–H groups in total. The van der Waals surface area contributed by atoms with Crippen molar-refractivity contribution in [1.82, 2.24) is 9.78 Å². The Morgan fingerprint density at radius 3 is 2.81 bits per heavy atom. The number of thiophene rings is 1. The van der Waals surface area contributed by atoms with Crippen LogP contribution in [-0.4, -0.2) is 28.3 Å². The van der Waals surface area contributed by atoms with Gasteiger partial charge in [0, 0.05) is 17.7 Å². The van der Waals surface area contributed by atoms with Crippen molar-refractivity contribution in [2.24, 2.45) is 0 Å². The van der Waals surface area contributed by atoms with Crippen LogP contribution in [0.15, 0.2) is 34.4 Å². The van der Waals surface area contributed by atoms with E-state index < -0.39 is 17.3 Å². The van der Waals surface area contributed by atoms with Crippen LogP contribution in [0.4, 0.5) is 9.39 Å². The fourth-order valence-corrected chi connectivity index (χ4v) is 3.42. The highest BCUT2D eigenvalue weighted by Crippen LogP contribution is 2.30. The molecule has 0 aliphatic heterocycles. The quantitative estimate of drug-likeness (QED) is 0.708. The lowest BCUT2D eigenvalue weighted by Crippen LogP contribution is -2.25. The van der Waals surface area contributed by atoms with Crippen LogP contribution >= 0.6 is 11.3 Å². The minimum Gasteiger partial charge on any atom is -0.461 e. The van der Waals surface area contributed by atoms with Crippen LogP contribution in [0.1, 0.15) is 24.3 Å². The van der Waals surface area contributed by atoms with Gasteiger partial charge in [0.15, 0.2) is 5.69 Å². The number of hydrogen-bond donors (Lipinski definition) is 1. The molecule has 1 aromatic carbocycles. The van der Waals surface area contributed by atoms with Crippen molar-refractivity contribution in [3.05, 3.63) is 51.5 Å². The van der Waals surface area contributed by atoms with Crippen molar-refractivity contribution in [1.29, 1.82) is 0 Å². The van der Waals surface area contributed by atoms with Crippen molar-refractivity contribution >= 4 is 39.0 Å². The summed E-state index contributed by atoms with van der Waals surface area (Å²) in [6.45, 7) is 3.09. The maximum absolute atomic E-state index is 13.6. The summed E-state index contributed by atoms with van der Waals surface area (Å²) in [5.41, 5.74) is -0.510. The molecule has 0 saturated carbocycles. The third-order valence-electron chi connectivity index (χ3n) is 3.46. The molecule has 3 aromatic rings. The number of esters is 1. The number of nitrogens with one attached hydrogen (secondary N) is 1. The molecule has 0 unspecified atom stereocenters. The number of aromatic nitrogens is 2. The second kappa shape index (κ2) is 7.04. The molecule has 7 nitrogen and oxygen atoms in total. The van der Waals surface area contributed by atoms with E-state index in [2.05, 4.69) is 10.4 Å². The lowest BCUT2D eigenvalue weighted by molar-refractivity contribution is -0.114. The van der Waals surface area contributed by atoms with Crippen LogP contribution in [0.2, 0.25) is 0 Å². The summed E-state index contributed by atoms with van der Waals surface area (Å²) in [6.07, 6.45) is 0. The number of benzene rings is 1. The summed E-state index contributed by atoms with van der Waals surface area (Å²) in [5.74, 6) is -1.63. The van der Waals surface area contributed by atoms with Gasteiger partial charge in [-0.3, -0.25) is 9.59 Å². The van der Waals surface area contributed by atoms with Crippen molar-refractivity contribution < 1.29 is 18.7 Å². The average Bonchev–Trinajstić information content (AvgIpc) is 2.99. The molecule has 0 aliphatic rings. The first-order valence-electron chi connectivity index (χ1n) is 7.67. The number of halogens is 1. The summed E-state index contributed by atoms with van der Waals surface area (Å²) in [5, 5.41) is 8.88. The lowest BCUT2D eigenvalue weighted by atomic mass is 10.2. The van der Waals surface area contributed by atoms with Gasteiger partial charge in [-0.15, -0.1) is 11.3 Å². The van der Waals surface area contributed by atoms with Gasteiger partial charge >= 0.3 is 5.97 Å². The molecule has 134 valence electrons. The van der Waals surface area contributed by atoms with Gasteiger partial charge in [-0.25, -0.2) is 9.18 Å². The van der Waals surface area contributed by atoms with E-state index in [1.165, 1.54) is 25.1 Å². The summed E-state index contributed by atoms with van der Waals surface area (Å²) in [7, 11) is 0. The van der Waals surface area contributed by atoms with E-state index in [1.54, 1.807) is 12.3 Å². The van der Waals surface area contributed by atoms with Gasteiger partial charge in [0.2, 0.25) is 5.91 Å². The van der Waals surface area contributed by atoms with Crippen molar-refractivity contribution in [2.75, 3.05) is 11.9 Å². The number of rotatable bonds is 4. The largest absolute Gasteiger partial charge is 0.461 e. The summed E-state index contributed by atoms with van der Waals surface area (Å²) in [4.78, 5) is 36.6. The minimum absolute atomic E-state index is 0.0847. The fraction of sp³-hybridized carbons (Fsp3) is 0.176. The monoisotopic (exact) mass is 375 g/mol. The van der Waals surface area contributed by atoms with Gasteiger partial charge in [-0.2, -0.15) is 9.78 Å². The topological polar surface area (TPSA) is 90.3 Å². The number of nitrogens with zero attached hydrogens (tertiary/aromatic N) is 2. The van der Waals surface area contributed by atoms with Crippen molar-refractivity contribution in [3.8, 4) is 5.69 Å². The molecular formula is C17H14FN3O4S. The first kappa shape index (κ1) is 17.7. The van der Waals surface area contributed by atoms with E-state index in [-0.39, 0.29) is 39.7 Å². The SMILES string of the molecule is CCOC(=O)c1nn(-c2cccc(F)c2)c(=O)c2c(NC(C)=O)scc12. The third-order valence-corrected chi connectivity index (χ3v) is 4.36. The number of anilines is 1. The van der Waals surface area contributed by atoms with E-state index in [1.807, 2.05) is 0 Å². The molecule has 0 bridgehead atoms. The lowest BCUT2D eigenvalue weighted by Gasteiger charge is -2.09. The van der Waals surface area contributed by atoms with Crippen LogP contribution in [0.25, 0.3) is 16.5 Å². The Kier molecular flexibility index (Phi) is 4.81. The van der Waals surface area contributed by atoms with E-state index in [9.17, 15) is 18.8 Å². The number of carbonyl (C=O) groups excluding carboxylic acids is 2. The second-order valence-corrected chi connectivity index (χ2v) is 6.18. The Bertz CT molecular complexity index is 1070. The van der Waals surface area contributed by atoms with Gasteiger partial charge in [-0.1, -0.05) is 6.07 Å². The highest BCUT2D eigenvalue weighted by Gasteiger charge is 2.22. The zero-order valence-corrected chi connectivity index (χ0v) is 14.7. The summed E-state index contributed by atoms with van der Waals surface area (Å²) in [6, 6.07) is 5.27. The molecule has 3 rings (SSSR count). The molecule has 2 heterocycles. The molecule has 0 aliphatic carbocycles. The molecule has 2 aromatic heterocycles. The summed E-state index contributed by atoms with van der Waals surface area (Å²) < 4.78 is 19.5. The highest BCUT2D eigenvalue weighted by atomic mass is 32.1. The van der Waals surface area contributed by atoms with Crippen LogP contribution < -0.4 is 10.9 Å². The zero-order chi connectivity index (χ0) is 18.8. The smallest absolute Gasteiger partial charge is 0.359 e. The van der Waals surface area contributed by atoms with Gasteiger partial charge < -0.3 is 10.1 Å². The van der Waals surface area contributed by atoms with Crippen LogP contribution in [0.3, 0.4) is 0 Å². The van der Waals surface area contributed by atoms with Gasteiger partial charge in [0.1, 0.15) is 10.8 Å². The number of carbonyl (C=O) groups is 2. The predicted molar refractivity (Wildman–Crippen MR) is 95.4 cm³/mol. The van der Waals surface area contributed by atoms with Crippen molar-refractivity contribution in [2.45, 2.75) is 13.8 Å². The molecule has 0 atom stereocenters. The maximum atomic E-state index is 13.6. The first-order chi connectivity index (χ1) is 12.4. The van der Waals surface area contributed by atoms with Gasteiger partial charge in [0.05, 0.1) is 17.7 Å². The minimum atomic E-state index is -0.713.